The van der Waals surface area contributed by atoms with Crippen LogP contribution >= 0.6 is 20.8 Å². The van der Waals surface area contributed by atoms with Gasteiger partial charge in [-0.2, -0.15) is 0 Å². The van der Waals surface area contributed by atoms with Crippen LogP contribution in [0.5, 0.6) is 0 Å². The molecule has 214 valence electrons. The van der Waals surface area contributed by atoms with Gasteiger partial charge in [0.05, 0.1) is 0 Å². The normalized spacial score (nSPS) is 13.2. The van der Waals surface area contributed by atoms with Crippen molar-refractivity contribution in [1.82, 2.24) is 0 Å². The summed E-state index contributed by atoms with van der Waals surface area (Å²) in [5.41, 5.74) is 0. The molecule has 0 atom stereocenters. The molecule has 0 heterocycles. The predicted octanol–water partition coefficient (Wildman–Crippen LogP) is 13.7. The van der Waals surface area contributed by atoms with Crippen LogP contribution in [-0.4, -0.2) is 24.6 Å². The van der Waals surface area contributed by atoms with Gasteiger partial charge in [-0.15, -0.1) is 0 Å². The van der Waals surface area contributed by atoms with E-state index in [1.54, 1.807) is 24.6 Å². The van der Waals surface area contributed by atoms with E-state index >= 15 is 0 Å². The van der Waals surface area contributed by atoms with Crippen molar-refractivity contribution >= 4 is 20.8 Å². The van der Waals surface area contributed by atoms with Crippen LogP contribution in [0.3, 0.4) is 0 Å². The van der Waals surface area contributed by atoms with E-state index in [0.29, 0.717) is 0 Å². The molecule has 0 spiro atoms. The zero-order chi connectivity index (χ0) is 26.0. The fraction of sp³-hybridized carbons (Fsp3) is 1.00. The molecule has 0 amide bonds. The van der Waals surface area contributed by atoms with E-state index in [9.17, 15) is 0 Å². The predicted molar refractivity (Wildman–Crippen MR) is 173 cm³/mol. The average molecular weight is 578 g/mol. The Bertz CT molecular complexity index is 378. The zero-order valence-corrected chi connectivity index (χ0v) is 27.8. The number of unbranched alkanes of at least 4 members (excludes halogenated alkanes) is 21. The van der Waals surface area contributed by atoms with Gasteiger partial charge in [0.1, 0.15) is 0 Å². The standard InChI is InChI=1S/C33H70BrP/c1-5-9-13-17-21-25-29-33-35(34,30-26-22-18-14-10-6-2,31-27-23-19-15-11-7-3)32-28-24-20-16-12-8-4/h5-33H2,1-4H3. The molecule has 0 aromatic heterocycles. The van der Waals surface area contributed by atoms with E-state index in [4.69, 9.17) is 15.5 Å². The Hall–Kier alpha value is 0.910. The van der Waals surface area contributed by atoms with Crippen molar-refractivity contribution in [3.63, 3.8) is 0 Å². The third-order valence-electron chi connectivity index (χ3n) is 8.53. The molecule has 0 rings (SSSR count). The monoisotopic (exact) mass is 576 g/mol. The minimum atomic E-state index is -1.76. The summed E-state index contributed by atoms with van der Waals surface area (Å²) in [5, 5.41) is -1.76. The van der Waals surface area contributed by atoms with Gasteiger partial charge < -0.3 is 0 Å². The van der Waals surface area contributed by atoms with Crippen LogP contribution in [0.2, 0.25) is 0 Å². The first-order valence-electron chi connectivity index (χ1n) is 16.8. The Kier molecular flexibility index (Phi) is 25.9. The summed E-state index contributed by atoms with van der Waals surface area (Å²) in [7, 11) is 0. The third-order valence-corrected chi connectivity index (χ3v) is 18.5. The maximum absolute atomic E-state index is 4.77. The molecular formula is C33H70BrP. The first kappa shape index (κ1) is 35.9. The molecule has 0 aliphatic carbocycles. The van der Waals surface area contributed by atoms with Crippen LogP contribution in [0, 0.1) is 0 Å². The average Bonchev–Trinajstić information content (AvgIpc) is 2.85. The van der Waals surface area contributed by atoms with Gasteiger partial charge in [-0.1, -0.05) is 0 Å². The van der Waals surface area contributed by atoms with Gasteiger partial charge in [0, 0.05) is 0 Å². The van der Waals surface area contributed by atoms with Crippen molar-refractivity contribution in [3.8, 4) is 0 Å². The molecule has 0 radical (unpaired) electrons. The van der Waals surface area contributed by atoms with Crippen LogP contribution in [0.25, 0.3) is 0 Å². The Balaban J connectivity index is 5.00. The summed E-state index contributed by atoms with van der Waals surface area (Å²) in [6.07, 6.45) is 42.5. The van der Waals surface area contributed by atoms with Crippen molar-refractivity contribution in [2.75, 3.05) is 24.6 Å². The second-order valence-electron chi connectivity index (χ2n) is 12.1. The molecule has 0 aromatic carbocycles. The van der Waals surface area contributed by atoms with Gasteiger partial charge in [0.2, 0.25) is 0 Å². The van der Waals surface area contributed by atoms with Crippen LogP contribution in [0.4, 0.5) is 0 Å². The zero-order valence-electron chi connectivity index (χ0n) is 25.3. The summed E-state index contributed by atoms with van der Waals surface area (Å²) in [5.74, 6) is 0. The molecule has 0 unspecified atom stereocenters. The molecule has 35 heavy (non-hydrogen) atoms. The van der Waals surface area contributed by atoms with Gasteiger partial charge in [0.25, 0.3) is 0 Å². The van der Waals surface area contributed by atoms with Gasteiger partial charge in [0.15, 0.2) is 0 Å². The number of hydrogen-bond acceptors (Lipinski definition) is 0. The fourth-order valence-corrected chi connectivity index (χ4v) is 14.4. The molecule has 0 saturated carbocycles. The summed E-state index contributed by atoms with van der Waals surface area (Å²) >= 11 is 4.77. The van der Waals surface area contributed by atoms with Gasteiger partial charge in [-0.3, -0.25) is 0 Å². The van der Waals surface area contributed by atoms with Gasteiger partial charge >= 0.3 is 234 Å². The van der Waals surface area contributed by atoms with E-state index in [0.717, 1.165) is 0 Å². The second kappa shape index (κ2) is 25.2. The third kappa shape index (κ3) is 21.5. The molecule has 0 aliphatic rings. The van der Waals surface area contributed by atoms with E-state index in [1.807, 2.05) is 0 Å². The molecule has 0 bridgehead atoms. The van der Waals surface area contributed by atoms with Crippen molar-refractivity contribution in [2.45, 2.75) is 188 Å². The van der Waals surface area contributed by atoms with Crippen LogP contribution < -0.4 is 0 Å². The SMILES string of the molecule is CCCCCCCCCP(Br)(CCCCCCCC)(CCCCCCCC)CCCCCCCC. The Morgan fingerprint density at radius 2 is 0.457 bits per heavy atom. The van der Waals surface area contributed by atoms with Crippen molar-refractivity contribution < 1.29 is 0 Å². The van der Waals surface area contributed by atoms with E-state index in [-0.39, 0.29) is 0 Å². The summed E-state index contributed by atoms with van der Waals surface area (Å²) in [4.78, 5) is 0. The molecule has 0 N–H and O–H groups in total. The molecule has 0 saturated heterocycles. The van der Waals surface area contributed by atoms with Crippen molar-refractivity contribution in [1.29, 1.82) is 0 Å². The number of hydrogen-bond donors (Lipinski definition) is 0. The molecule has 0 fully saturated rings. The summed E-state index contributed by atoms with van der Waals surface area (Å²) < 4.78 is 0. The maximum atomic E-state index is 4.77. The van der Waals surface area contributed by atoms with E-state index < -0.39 is 5.31 Å². The first-order valence-corrected chi connectivity index (χ1v) is 21.8. The minimum absolute atomic E-state index is 1.37. The molecule has 0 nitrogen and oxygen atoms in total. The van der Waals surface area contributed by atoms with Crippen molar-refractivity contribution in [3.05, 3.63) is 0 Å². The Morgan fingerprint density at radius 3 is 0.657 bits per heavy atom. The first-order chi connectivity index (χ1) is 17.0. The van der Waals surface area contributed by atoms with E-state index in [1.165, 1.54) is 161 Å². The molecule has 2 heteroatoms. The van der Waals surface area contributed by atoms with Crippen LogP contribution in [-0.2, 0) is 0 Å². The Morgan fingerprint density at radius 1 is 0.286 bits per heavy atom. The second-order valence-corrected chi connectivity index (χ2v) is 23.6. The van der Waals surface area contributed by atoms with Crippen LogP contribution in [0.1, 0.15) is 188 Å². The molecular weight excluding hydrogens is 507 g/mol. The fourth-order valence-electron chi connectivity index (χ4n) is 6.00. The van der Waals surface area contributed by atoms with Gasteiger partial charge in [-0.05, 0) is 0 Å². The number of halogens is 1. The summed E-state index contributed by atoms with van der Waals surface area (Å²) in [6.45, 7) is 9.36. The van der Waals surface area contributed by atoms with Crippen LogP contribution in [0.15, 0.2) is 0 Å². The quantitative estimate of drug-likeness (QED) is 0.0613. The van der Waals surface area contributed by atoms with Crippen molar-refractivity contribution in [2.24, 2.45) is 0 Å². The molecule has 0 aromatic rings. The molecule has 0 aliphatic heterocycles. The topological polar surface area (TPSA) is 0 Å². The van der Waals surface area contributed by atoms with E-state index in [2.05, 4.69) is 27.7 Å². The van der Waals surface area contributed by atoms with Gasteiger partial charge in [-0.25, -0.2) is 0 Å². The Labute approximate surface area is 233 Å². The summed E-state index contributed by atoms with van der Waals surface area (Å²) in [6, 6.07) is 0. The number of rotatable bonds is 29.